The van der Waals surface area contributed by atoms with Crippen LogP contribution in [0.15, 0.2) is 18.5 Å². The first kappa shape index (κ1) is 12.0. The molecule has 1 aromatic rings. The summed E-state index contributed by atoms with van der Waals surface area (Å²) < 4.78 is 0. The van der Waals surface area contributed by atoms with E-state index in [2.05, 4.69) is 22.5 Å². The number of pyridine rings is 1. The molecule has 0 aliphatic carbocycles. The summed E-state index contributed by atoms with van der Waals surface area (Å²) in [7, 11) is 0. The van der Waals surface area contributed by atoms with Crippen LogP contribution in [0.25, 0.3) is 0 Å². The first-order valence-corrected chi connectivity index (χ1v) is 6.13. The van der Waals surface area contributed by atoms with Crippen LogP contribution in [-0.2, 0) is 4.79 Å². The Morgan fingerprint density at radius 2 is 2.41 bits per heavy atom. The Kier molecular flexibility index (Phi) is 3.74. The number of nitrogens with one attached hydrogen (secondary N) is 2. The molecule has 2 rings (SSSR count). The molecule has 0 radical (unpaired) electrons. The predicted octanol–water partition coefficient (Wildman–Crippen LogP) is 1.72. The number of carbonyl (C=O) groups excluding carboxylic acids is 1. The predicted molar refractivity (Wildman–Crippen MR) is 67.8 cm³/mol. The van der Waals surface area contributed by atoms with E-state index >= 15 is 0 Å². The van der Waals surface area contributed by atoms with Crippen molar-refractivity contribution < 1.29 is 4.79 Å². The minimum atomic E-state index is -0.0802. The Bertz CT molecular complexity index is 405. The molecule has 2 unspecified atom stereocenters. The fourth-order valence-corrected chi connectivity index (χ4v) is 2.21. The van der Waals surface area contributed by atoms with Crippen molar-refractivity contribution in [3.8, 4) is 0 Å². The van der Waals surface area contributed by atoms with Crippen molar-refractivity contribution in [2.24, 2.45) is 5.92 Å². The Balaban J connectivity index is 2.03. The highest BCUT2D eigenvalue weighted by atomic mass is 16.2. The summed E-state index contributed by atoms with van der Waals surface area (Å²) in [5, 5.41) is 6.22. The maximum Gasteiger partial charge on any atom is 0.241 e. The molecule has 0 aromatic carbocycles. The Hall–Kier alpha value is -1.42. The SMILES string of the molecule is Cc1ccncc1NC(=O)C1NCCCC1C. The highest BCUT2D eigenvalue weighted by molar-refractivity contribution is 5.95. The van der Waals surface area contributed by atoms with Crippen molar-refractivity contribution in [3.05, 3.63) is 24.0 Å². The molecule has 1 aliphatic rings. The van der Waals surface area contributed by atoms with Gasteiger partial charge in [0.15, 0.2) is 0 Å². The molecule has 1 saturated heterocycles. The highest BCUT2D eigenvalue weighted by Crippen LogP contribution is 2.18. The smallest absolute Gasteiger partial charge is 0.241 e. The Labute approximate surface area is 102 Å². The third-order valence-corrected chi connectivity index (χ3v) is 3.35. The van der Waals surface area contributed by atoms with Gasteiger partial charge in [0.1, 0.15) is 0 Å². The second-order valence-electron chi connectivity index (χ2n) is 4.73. The van der Waals surface area contributed by atoms with E-state index in [-0.39, 0.29) is 11.9 Å². The van der Waals surface area contributed by atoms with Gasteiger partial charge in [0.05, 0.1) is 17.9 Å². The van der Waals surface area contributed by atoms with Gasteiger partial charge in [0, 0.05) is 6.20 Å². The third-order valence-electron chi connectivity index (χ3n) is 3.35. The first-order chi connectivity index (χ1) is 8.18. The maximum absolute atomic E-state index is 12.1. The molecule has 4 nitrogen and oxygen atoms in total. The number of anilines is 1. The molecule has 2 N–H and O–H groups in total. The van der Waals surface area contributed by atoms with Gasteiger partial charge in [-0.25, -0.2) is 0 Å². The summed E-state index contributed by atoms with van der Waals surface area (Å²) in [5.74, 6) is 0.439. The quantitative estimate of drug-likeness (QED) is 0.817. The molecule has 17 heavy (non-hydrogen) atoms. The van der Waals surface area contributed by atoms with Gasteiger partial charge in [-0.15, -0.1) is 0 Å². The molecule has 2 heterocycles. The van der Waals surface area contributed by atoms with E-state index in [1.54, 1.807) is 12.4 Å². The van der Waals surface area contributed by atoms with E-state index in [0.29, 0.717) is 5.92 Å². The number of rotatable bonds is 2. The van der Waals surface area contributed by atoms with Crippen LogP contribution >= 0.6 is 0 Å². The minimum Gasteiger partial charge on any atom is -0.323 e. The lowest BCUT2D eigenvalue weighted by atomic mass is 9.92. The third kappa shape index (κ3) is 2.82. The van der Waals surface area contributed by atoms with E-state index in [0.717, 1.165) is 30.6 Å². The maximum atomic E-state index is 12.1. The van der Waals surface area contributed by atoms with E-state index in [1.165, 1.54) is 0 Å². The summed E-state index contributed by atoms with van der Waals surface area (Å²) in [5.41, 5.74) is 1.84. The van der Waals surface area contributed by atoms with Gasteiger partial charge in [0.25, 0.3) is 0 Å². The van der Waals surface area contributed by atoms with E-state index in [4.69, 9.17) is 0 Å². The average molecular weight is 233 g/mol. The Morgan fingerprint density at radius 3 is 3.12 bits per heavy atom. The molecule has 1 aromatic heterocycles. The fourth-order valence-electron chi connectivity index (χ4n) is 2.21. The van der Waals surface area contributed by atoms with E-state index < -0.39 is 0 Å². The minimum absolute atomic E-state index is 0.0494. The summed E-state index contributed by atoms with van der Waals surface area (Å²) in [6, 6.07) is 1.82. The van der Waals surface area contributed by atoms with Crippen LogP contribution in [0.1, 0.15) is 25.3 Å². The van der Waals surface area contributed by atoms with Crippen LogP contribution < -0.4 is 10.6 Å². The van der Waals surface area contributed by atoms with Gasteiger partial charge in [-0.05, 0) is 43.9 Å². The number of amides is 1. The molecule has 1 aliphatic heterocycles. The van der Waals surface area contributed by atoms with Crippen LogP contribution in [0.2, 0.25) is 0 Å². The zero-order chi connectivity index (χ0) is 12.3. The zero-order valence-electron chi connectivity index (χ0n) is 10.4. The van der Waals surface area contributed by atoms with Crippen molar-refractivity contribution in [1.82, 2.24) is 10.3 Å². The van der Waals surface area contributed by atoms with Crippen molar-refractivity contribution in [3.63, 3.8) is 0 Å². The fraction of sp³-hybridized carbons (Fsp3) is 0.538. The molecule has 0 bridgehead atoms. The Morgan fingerprint density at radius 1 is 1.59 bits per heavy atom. The first-order valence-electron chi connectivity index (χ1n) is 6.13. The van der Waals surface area contributed by atoms with Gasteiger partial charge in [-0.1, -0.05) is 6.92 Å². The lowest BCUT2D eigenvalue weighted by Crippen LogP contribution is -2.48. The molecular formula is C13H19N3O. The van der Waals surface area contributed by atoms with Crippen molar-refractivity contribution in [1.29, 1.82) is 0 Å². The number of hydrogen-bond acceptors (Lipinski definition) is 3. The van der Waals surface area contributed by atoms with Crippen molar-refractivity contribution in [2.45, 2.75) is 32.7 Å². The van der Waals surface area contributed by atoms with Crippen LogP contribution in [0.3, 0.4) is 0 Å². The number of carbonyl (C=O) groups is 1. The van der Waals surface area contributed by atoms with Gasteiger partial charge in [0.2, 0.25) is 5.91 Å². The molecule has 1 fully saturated rings. The molecular weight excluding hydrogens is 214 g/mol. The topological polar surface area (TPSA) is 54.0 Å². The van der Waals surface area contributed by atoms with Crippen LogP contribution in [-0.4, -0.2) is 23.5 Å². The van der Waals surface area contributed by atoms with Gasteiger partial charge in [-0.3, -0.25) is 9.78 Å². The zero-order valence-corrected chi connectivity index (χ0v) is 10.4. The second kappa shape index (κ2) is 5.27. The average Bonchev–Trinajstić information content (AvgIpc) is 2.32. The van der Waals surface area contributed by atoms with Gasteiger partial charge in [-0.2, -0.15) is 0 Å². The van der Waals surface area contributed by atoms with Crippen molar-refractivity contribution >= 4 is 11.6 Å². The molecule has 0 spiro atoms. The van der Waals surface area contributed by atoms with Crippen LogP contribution in [0.5, 0.6) is 0 Å². The lowest BCUT2D eigenvalue weighted by Gasteiger charge is -2.29. The summed E-state index contributed by atoms with van der Waals surface area (Å²) in [6.07, 6.45) is 5.68. The van der Waals surface area contributed by atoms with E-state index in [1.807, 2.05) is 13.0 Å². The number of aryl methyl sites for hydroxylation is 1. The van der Waals surface area contributed by atoms with Gasteiger partial charge < -0.3 is 10.6 Å². The van der Waals surface area contributed by atoms with Crippen LogP contribution in [0, 0.1) is 12.8 Å². The molecule has 4 heteroatoms. The number of hydrogen-bond donors (Lipinski definition) is 2. The molecule has 0 saturated carbocycles. The number of nitrogens with zero attached hydrogens (tertiary/aromatic N) is 1. The summed E-state index contributed by atoms with van der Waals surface area (Å²) >= 11 is 0. The normalized spacial score (nSPS) is 24.4. The van der Waals surface area contributed by atoms with Gasteiger partial charge >= 0.3 is 0 Å². The monoisotopic (exact) mass is 233 g/mol. The highest BCUT2D eigenvalue weighted by Gasteiger charge is 2.27. The summed E-state index contributed by atoms with van der Waals surface area (Å²) in [6.45, 7) is 5.01. The second-order valence-corrected chi connectivity index (χ2v) is 4.73. The standard InChI is InChI=1S/C13H19N3O/c1-9-5-7-14-8-11(9)16-13(17)12-10(2)4-3-6-15-12/h5,7-8,10,12,15H,3-4,6H2,1-2H3,(H,16,17). The molecule has 92 valence electrons. The number of piperidine rings is 1. The lowest BCUT2D eigenvalue weighted by molar-refractivity contribution is -0.119. The van der Waals surface area contributed by atoms with Crippen molar-refractivity contribution in [2.75, 3.05) is 11.9 Å². The molecule has 1 amide bonds. The van der Waals surface area contributed by atoms with E-state index in [9.17, 15) is 4.79 Å². The van der Waals surface area contributed by atoms with Crippen LogP contribution in [0.4, 0.5) is 5.69 Å². The summed E-state index contributed by atoms with van der Waals surface area (Å²) in [4.78, 5) is 16.2. The largest absolute Gasteiger partial charge is 0.323 e. The number of aromatic nitrogens is 1. The molecule has 2 atom stereocenters.